The van der Waals surface area contributed by atoms with Crippen molar-refractivity contribution < 1.29 is 14.3 Å². The summed E-state index contributed by atoms with van der Waals surface area (Å²) in [7, 11) is 0. The molecule has 4 nitrogen and oxygen atoms in total. The molecule has 0 saturated carbocycles. The molecule has 1 aromatic heterocycles. The molecule has 0 spiro atoms. The molecule has 0 aliphatic carbocycles. The van der Waals surface area contributed by atoms with E-state index >= 15 is 0 Å². The van der Waals surface area contributed by atoms with Crippen molar-refractivity contribution in [1.82, 2.24) is 0 Å². The van der Waals surface area contributed by atoms with Crippen LogP contribution < -0.4 is 5.32 Å². The van der Waals surface area contributed by atoms with Gasteiger partial charge >= 0.3 is 5.97 Å². The van der Waals surface area contributed by atoms with Crippen molar-refractivity contribution in [2.24, 2.45) is 0 Å². The van der Waals surface area contributed by atoms with E-state index in [1.54, 1.807) is 18.7 Å². The number of benzene rings is 2. The fraction of sp³-hybridized carbons (Fsp3) is 0.217. The summed E-state index contributed by atoms with van der Waals surface area (Å²) < 4.78 is 5.29. The Bertz CT molecular complexity index is 995. The van der Waals surface area contributed by atoms with Crippen LogP contribution in [-0.4, -0.2) is 24.7 Å². The molecule has 3 aromatic rings. The summed E-state index contributed by atoms with van der Waals surface area (Å²) in [6.07, 6.45) is 2.04. The van der Waals surface area contributed by atoms with E-state index in [9.17, 15) is 9.59 Å². The first kappa shape index (κ1) is 21.1. The maximum absolute atomic E-state index is 12.8. The molecule has 150 valence electrons. The molecular formula is C23H23NO3S2. The van der Waals surface area contributed by atoms with Gasteiger partial charge < -0.3 is 10.1 Å². The van der Waals surface area contributed by atoms with Crippen LogP contribution in [0.5, 0.6) is 0 Å². The molecule has 0 radical (unpaired) electrons. The van der Waals surface area contributed by atoms with Crippen LogP contribution in [0.25, 0.3) is 11.1 Å². The highest BCUT2D eigenvalue weighted by Gasteiger charge is 2.25. The average Bonchev–Trinajstić information content (AvgIpc) is 3.05. The van der Waals surface area contributed by atoms with Gasteiger partial charge in [-0.25, -0.2) is 4.79 Å². The number of hydrogen-bond donors (Lipinski definition) is 1. The molecule has 29 heavy (non-hydrogen) atoms. The summed E-state index contributed by atoms with van der Waals surface area (Å²) in [4.78, 5) is 26.5. The lowest BCUT2D eigenvalue weighted by Gasteiger charge is -2.09. The van der Waals surface area contributed by atoms with Crippen LogP contribution >= 0.6 is 23.1 Å². The van der Waals surface area contributed by atoms with Gasteiger partial charge in [0, 0.05) is 21.8 Å². The highest BCUT2D eigenvalue weighted by atomic mass is 32.2. The summed E-state index contributed by atoms with van der Waals surface area (Å²) in [6, 6.07) is 17.2. The predicted molar refractivity (Wildman–Crippen MR) is 122 cm³/mol. The highest BCUT2D eigenvalue weighted by Crippen LogP contribution is 2.40. The van der Waals surface area contributed by atoms with Crippen molar-refractivity contribution in [3.05, 3.63) is 76.2 Å². The lowest BCUT2D eigenvalue weighted by Crippen LogP contribution is -2.14. The van der Waals surface area contributed by atoms with Gasteiger partial charge in [-0.2, -0.15) is 11.8 Å². The molecule has 0 saturated heterocycles. The molecule has 0 bridgehead atoms. The number of carbonyl (C=O) groups excluding carboxylic acids is 2. The van der Waals surface area contributed by atoms with Crippen LogP contribution in [0, 0.1) is 6.92 Å². The second kappa shape index (κ2) is 9.76. The van der Waals surface area contributed by atoms with E-state index in [0.717, 1.165) is 21.8 Å². The fourth-order valence-corrected chi connectivity index (χ4v) is 4.66. The van der Waals surface area contributed by atoms with Crippen molar-refractivity contribution in [3.8, 4) is 11.1 Å². The molecule has 0 unspecified atom stereocenters. The zero-order valence-corrected chi connectivity index (χ0v) is 18.3. The summed E-state index contributed by atoms with van der Waals surface area (Å²) >= 11 is 3.12. The first-order chi connectivity index (χ1) is 14.0. The SMILES string of the molecule is CCOC(=O)c1c(NC(=O)c2ccc(CSC)cc2)sc(C)c1-c1ccccc1. The van der Waals surface area contributed by atoms with Gasteiger partial charge in [0.2, 0.25) is 0 Å². The van der Waals surface area contributed by atoms with Gasteiger partial charge in [0.25, 0.3) is 5.91 Å². The number of hydrogen-bond acceptors (Lipinski definition) is 5. The fourth-order valence-electron chi connectivity index (χ4n) is 3.08. The van der Waals surface area contributed by atoms with E-state index in [4.69, 9.17) is 4.74 Å². The third-order valence-corrected chi connectivity index (χ3v) is 6.02. The van der Waals surface area contributed by atoms with E-state index < -0.39 is 5.97 Å². The van der Waals surface area contributed by atoms with E-state index in [1.807, 2.05) is 67.8 Å². The predicted octanol–water partition coefficient (Wildman–Crippen LogP) is 6.02. The minimum atomic E-state index is -0.429. The summed E-state index contributed by atoms with van der Waals surface area (Å²) in [5, 5.41) is 3.43. The van der Waals surface area contributed by atoms with E-state index in [2.05, 4.69) is 5.32 Å². The Labute approximate surface area is 179 Å². The number of rotatable bonds is 7. The van der Waals surface area contributed by atoms with Crippen molar-refractivity contribution in [3.63, 3.8) is 0 Å². The maximum atomic E-state index is 12.8. The molecule has 1 heterocycles. The van der Waals surface area contributed by atoms with Crippen molar-refractivity contribution in [1.29, 1.82) is 0 Å². The largest absolute Gasteiger partial charge is 0.462 e. The maximum Gasteiger partial charge on any atom is 0.341 e. The van der Waals surface area contributed by atoms with Crippen LogP contribution in [0.3, 0.4) is 0 Å². The monoisotopic (exact) mass is 425 g/mol. The third kappa shape index (κ3) is 4.89. The average molecular weight is 426 g/mol. The molecule has 6 heteroatoms. The first-order valence-corrected chi connectivity index (χ1v) is 11.5. The minimum Gasteiger partial charge on any atom is -0.462 e. The number of thiophene rings is 1. The van der Waals surface area contributed by atoms with Gasteiger partial charge in [-0.05, 0) is 43.4 Å². The topological polar surface area (TPSA) is 55.4 Å². The number of amides is 1. The van der Waals surface area contributed by atoms with Crippen molar-refractivity contribution >= 4 is 40.0 Å². The Hall–Kier alpha value is -2.57. The van der Waals surface area contributed by atoms with Crippen molar-refractivity contribution in [2.75, 3.05) is 18.2 Å². The molecule has 0 fully saturated rings. The quantitative estimate of drug-likeness (QED) is 0.471. The Morgan fingerprint density at radius 2 is 1.76 bits per heavy atom. The van der Waals surface area contributed by atoms with Crippen LogP contribution in [0.2, 0.25) is 0 Å². The van der Waals surface area contributed by atoms with E-state index in [-0.39, 0.29) is 12.5 Å². The number of aryl methyl sites for hydroxylation is 1. The second-order valence-corrected chi connectivity index (χ2v) is 8.50. The number of ether oxygens (including phenoxy) is 1. The lowest BCUT2D eigenvalue weighted by molar-refractivity contribution is 0.0529. The van der Waals surface area contributed by atoms with Gasteiger partial charge in [-0.1, -0.05) is 42.5 Å². The zero-order valence-electron chi connectivity index (χ0n) is 16.7. The number of nitrogens with one attached hydrogen (secondary N) is 1. The summed E-state index contributed by atoms with van der Waals surface area (Å²) in [6.45, 7) is 3.99. The van der Waals surface area contributed by atoms with E-state index in [1.165, 1.54) is 16.9 Å². The molecular weight excluding hydrogens is 402 g/mol. The van der Waals surface area contributed by atoms with Gasteiger partial charge in [-0.15, -0.1) is 11.3 Å². The van der Waals surface area contributed by atoms with Crippen molar-refractivity contribution in [2.45, 2.75) is 19.6 Å². The molecule has 0 atom stereocenters. The normalized spacial score (nSPS) is 10.6. The molecule has 3 rings (SSSR count). The van der Waals surface area contributed by atoms with Crippen LogP contribution in [0.4, 0.5) is 5.00 Å². The number of esters is 1. The van der Waals surface area contributed by atoms with Gasteiger partial charge in [0.05, 0.1) is 6.61 Å². The third-order valence-electron chi connectivity index (χ3n) is 4.38. The number of anilines is 1. The number of carbonyl (C=O) groups is 2. The highest BCUT2D eigenvalue weighted by molar-refractivity contribution is 7.97. The number of thioether (sulfide) groups is 1. The first-order valence-electron chi connectivity index (χ1n) is 9.30. The Morgan fingerprint density at radius 3 is 2.38 bits per heavy atom. The van der Waals surface area contributed by atoms with Gasteiger partial charge in [0.1, 0.15) is 10.6 Å². The van der Waals surface area contributed by atoms with Gasteiger partial charge in [-0.3, -0.25) is 4.79 Å². The summed E-state index contributed by atoms with van der Waals surface area (Å²) in [5.74, 6) is 0.229. The summed E-state index contributed by atoms with van der Waals surface area (Å²) in [5.41, 5.74) is 3.86. The Kier molecular flexibility index (Phi) is 7.12. The molecule has 0 aliphatic heterocycles. The Morgan fingerprint density at radius 1 is 1.07 bits per heavy atom. The standard InChI is InChI=1S/C23H23NO3S2/c1-4-27-23(26)20-19(17-8-6-5-7-9-17)15(2)29-22(20)24-21(25)18-12-10-16(11-13-18)14-28-3/h5-13H,4,14H2,1-3H3,(H,24,25). The second-order valence-electron chi connectivity index (χ2n) is 6.41. The van der Waals surface area contributed by atoms with Crippen LogP contribution in [0.15, 0.2) is 54.6 Å². The lowest BCUT2D eigenvalue weighted by atomic mass is 10.0. The Balaban J connectivity index is 1.96. The molecule has 2 aromatic carbocycles. The van der Waals surface area contributed by atoms with Gasteiger partial charge in [0.15, 0.2) is 0 Å². The zero-order chi connectivity index (χ0) is 20.8. The van der Waals surface area contributed by atoms with Crippen LogP contribution in [-0.2, 0) is 10.5 Å². The van der Waals surface area contributed by atoms with Crippen LogP contribution in [0.1, 0.15) is 38.1 Å². The molecule has 1 N–H and O–H groups in total. The van der Waals surface area contributed by atoms with E-state index in [0.29, 0.717) is 16.1 Å². The smallest absolute Gasteiger partial charge is 0.341 e. The minimum absolute atomic E-state index is 0.243. The molecule has 1 amide bonds. The molecule has 0 aliphatic rings.